The van der Waals surface area contributed by atoms with Gasteiger partial charge in [-0.1, -0.05) is 6.92 Å². The van der Waals surface area contributed by atoms with Gasteiger partial charge in [0.05, 0.1) is 6.61 Å². The highest BCUT2D eigenvalue weighted by molar-refractivity contribution is 5.79. The van der Waals surface area contributed by atoms with E-state index in [4.69, 9.17) is 4.74 Å². The quantitative estimate of drug-likeness (QED) is 0.770. The van der Waals surface area contributed by atoms with E-state index >= 15 is 0 Å². The topological polar surface area (TPSA) is 53.1 Å². The lowest BCUT2D eigenvalue weighted by Gasteiger charge is -2.61. The van der Waals surface area contributed by atoms with E-state index in [1.165, 1.54) is 12.8 Å². The average Bonchev–Trinajstić information content (AvgIpc) is 2.94. The van der Waals surface area contributed by atoms with Crippen molar-refractivity contribution in [2.24, 2.45) is 5.41 Å². The zero-order valence-electron chi connectivity index (χ0n) is 16.3. The van der Waals surface area contributed by atoms with Crippen LogP contribution in [0.3, 0.4) is 0 Å². The van der Waals surface area contributed by atoms with Crippen LogP contribution in [0.25, 0.3) is 0 Å². The Kier molecular flexibility index (Phi) is 4.88. The number of nitrogens with zero attached hydrogens (tertiary/aromatic N) is 3. The summed E-state index contributed by atoms with van der Waals surface area (Å²) in [5.41, 5.74) is 0.368. The van der Waals surface area contributed by atoms with Crippen LogP contribution in [0.2, 0.25) is 0 Å². The van der Waals surface area contributed by atoms with E-state index in [1.807, 2.05) is 11.8 Å². The highest BCUT2D eigenvalue weighted by Gasteiger charge is 2.55. The maximum atomic E-state index is 12.3. The van der Waals surface area contributed by atoms with Gasteiger partial charge in [-0.05, 0) is 45.4 Å². The fraction of sp³-hybridized carbons (Fsp3) is 0.900. The Labute approximate surface area is 156 Å². The molecule has 4 aliphatic rings. The Balaban J connectivity index is 1.21. The second-order valence-electron chi connectivity index (χ2n) is 8.79. The third-order valence-electron chi connectivity index (χ3n) is 7.17. The van der Waals surface area contributed by atoms with Crippen LogP contribution < -0.4 is 0 Å². The first-order valence-electron chi connectivity index (χ1n) is 10.5. The van der Waals surface area contributed by atoms with Gasteiger partial charge in [0.25, 0.3) is 0 Å². The summed E-state index contributed by atoms with van der Waals surface area (Å²) in [6, 6.07) is 1.62. The molecule has 0 aromatic rings. The van der Waals surface area contributed by atoms with Crippen molar-refractivity contribution in [3.8, 4) is 0 Å². The van der Waals surface area contributed by atoms with Crippen molar-refractivity contribution in [2.75, 3.05) is 32.8 Å². The monoisotopic (exact) mass is 363 g/mol. The van der Waals surface area contributed by atoms with Crippen molar-refractivity contribution < 1.29 is 14.3 Å². The van der Waals surface area contributed by atoms with Gasteiger partial charge in [-0.2, -0.15) is 0 Å². The van der Waals surface area contributed by atoms with Crippen molar-refractivity contribution in [3.63, 3.8) is 0 Å². The number of likely N-dealkylation sites (tertiary alicyclic amines) is 3. The number of hydrogen-bond acceptors (Lipinski definition) is 4. The summed E-state index contributed by atoms with van der Waals surface area (Å²) in [5, 5.41) is 0. The molecule has 0 aromatic heterocycles. The molecule has 1 saturated carbocycles. The molecule has 3 saturated heterocycles. The lowest BCUT2D eigenvalue weighted by molar-refractivity contribution is -0.134. The molecule has 0 bridgehead atoms. The molecule has 3 aliphatic heterocycles. The maximum Gasteiger partial charge on any atom is 0.409 e. The summed E-state index contributed by atoms with van der Waals surface area (Å²) in [6.45, 7) is 8.50. The van der Waals surface area contributed by atoms with Crippen molar-refractivity contribution in [2.45, 2.75) is 76.9 Å². The standard InChI is InChI=1S/C20H33N3O3/c1-3-15-5-6-18(24)23(15)16-7-9-21(10-8-16)17-11-20(12-17)13-22(14-20)19(25)26-4-2/h15-17H,3-14H2,1-2H3. The zero-order valence-corrected chi connectivity index (χ0v) is 16.3. The number of piperidine rings is 1. The minimum atomic E-state index is -0.150. The van der Waals surface area contributed by atoms with Gasteiger partial charge in [-0.25, -0.2) is 4.79 Å². The Morgan fingerprint density at radius 3 is 2.42 bits per heavy atom. The number of carbonyl (C=O) groups excluding carboxylic acids is 2. The van der Waals surface area contributed by atoms with E-state index in [2.05, 4.69) is 16.7 Å². The molecule has 1 unspecified atom stereocenters. The third kappa shape index (κ3) is 3.10. The summed E-state index contributed by atoms with van der Waals surface area (Å²) in [5.74, 6) is 0.381. The van der Waals surface area contributed by atoms with E-state index in [0.717, 1.165) is 58.3 Å². The molecule has 3 heterocycles. The molecule has 1 aliphatic carbocycles. The number of amides is 2. The maximum absolute atomic E-state index is 12.3. The highest BCUT2D eigenvalue weighted by Crippen LogP contribution is 2.50. The summed E-state index contributed by atoms with van der Waals surface area (Å²) < 4.78 is 5.08. The number of carbonyl (C=O) groups is 2. The van der Waals surface area contributed by atoms with E-state index in [9.17, 15) is 9.59 Å². The average molecular weight is 364 g/mol. The Hall–Kier alpha value is -1.30. The Morgan fingerprint density at radius 1 is 1.12 bits per heavy atom. The van der Waals surface area contributed by atoms with Crippen LogP contribution in [-0.2, 0) is 9.53 Å². The smallest absolute Gasteiger partial charge is 0.409 e. The molecule has 6 nitrogen and oxygen atoms in total. The van der Waals surface area contributed by atoms with Gasteiger partial charge in [0, 0.05) is 56.1 Å². The number of hydrogen-bond donors (Lipinski definition) is 0. The first-order valence-corrected chi connectivity index (χ1v) is 10.5. The van der Waals surface area contributed by atoms with E-state index in [-0.39, 0.29) is 6.09 Å². The molecular weight excluding hydrogens is 330 g/mol. The number of ether oxygens (including phenoxy) is 1. The van der Waals surface area contributed by atoms with Gasteiger partial charge >= 0.3 is 6.09 Å². The normalized spacial score (nSPS) is 29.8. The first kappa shape index (κ1) is 18.1. The molecule has 4 rings (SSSR count). The Morgan fingerprint density at radius 2 is 1.81 bits per heavy atom. The number of rotatable bonds is 4. The van der Waals surface area contributed by atoms with Crippen molar-refractivity contribution in [1.29, 1.82) is 0 Å². The van der Waals surface area contributed by atoms with Gasteiger partial charge in [-0.3, -0.25) is 4.79 Å². The van der Waals surface area contributed by atoms with Crippen molar-refractivity contribution in [1.82, 2.24) is 14.7 Å². The van der Waals surface area contributed by atoms with Crippen LogP contribution in [-0.4, -0.2) is 77.6 Å². The van der Waals surface area contributed by atoms with Crippen LogP contribution in [0, 0.1) is 5.41 Å². The van der Waals surface area contributed by atoms with Gasteiger partial charge in [0.2, 0.25) is 5.91 Å². The van der Waals surface area contributed by atoms with Crippen molar-refractivity contribution >= 4 is 12.0 Å². The second-order valence-corrected chi connectivity index (χ2v) is 8.79. The molecule has 2 amide bonds. The molecule has 0 aromatic carbocycles. The minimum absolute atomic E-state index is 0.150. The van der Waals surface area contributed by atoms with E-state index < -0.39 is 0 Å². The van der Waals surface area contributed by atoms with Crippen LogP contribution >= 0.6 is 0 Å². The second kappa shape index (κ2) is 7.02. The van der Waals surface area contributed by atoms with Crippen molar-refractivity contribution in [3.05, 3.63) is 0 Å². The van der Waals surface area contributed by atoms with Gasteiger partial charge in [0.15, 0.2) is 0 Å². The van der Waals surface area contributed by atoms with Crippen LogP contribution in [0.4, 0.5) is 4.79 Å². The molecule has 1 atom stereocenters. The van der Waals surface area contributed by atoms with Crippen LogP contribution in [0.1, 0.15) is 58.8 Å². The molecule has 1 spiro atoms. The summed E-state index contributed by atoms with van der Waals surface area (Å²) in [7, 11) is 0. The zero-order chi connectivity index (χ0) is 18.3. The van der Waals surface area contributed by atoms with E-state index in [1.54, 1.807) is 0 Å². The fourth-order valence-corrected chi connectivity index (χ4v) is 5.76. The molecule has 26 heavy (non-hydrogen) atoms. The summed E-state index contributed by atoms with van der Waals surface area (Å²) in [6.07, 6.45) is 7.43. The van der Waals surface area contributed by atoms with Gasteiger partial charge in [-0.15, -0.1) is 0 Å². The predicted molar refractivity (Wildman–Crippen MR) is 98.8 cm³/mol. The summed E-state index contributed by atoms with van der Waals surface area (Å²) >= 11 is 0. The Bertz CT molecular complexity index is 545. The molecular formula is C20H33N3O3. The molecule has 0 N–H and O–H groups in total. The van der Waals surface area contributed by atoms with Gasteiger partial charge in [0.1, 0.15) is 0 Å². The molecule has 6 heteroatoms. The molecule has 0 radical (unpaired) electrons. The molecule has 146 valence electrons. The molecule has 4 fully saturated rings. The van der Waals surface area contributed by atoms with Gasteiger partial charge < -0.3 is 19.4 Å². The predicted octanol–water partition coefficient (Wildman–Crippen LogP) is 2.47. The lowest BCUT2D eigenvalue weighted by atomic mass is 9.60. The minimum Gasteiger partial charge on any atom is -0.450 e. The van der Waals surface area contributed by atoms with Crippen LogP contribution in [0.15, 0.2) is 0 Å². The first-order chi connectivity index (χ1) is 12.5. The third-order valence-corrected chi connectivity index (χ3v) is 7.17. The largest absolute Gasteiger partial charge is 0.450 e. The SMILES string of the molecule is CCOC(=O)N1CC2(CC(N3CCC(N4C(=O)CCC4CC)CC3)C2)C1. The van der Waals surface area contributed by atoms with Crippen LogP contribution in [0.5, 0.6) is 0 Å². The fourth-order valence-electron chi connectivity index (χ4n) is 5.76. The lowest BCUT2D eigenvalue weighted by Crippen LogP contribution is -2.68. The summed E-state index contributed by atoms with van der Waals surface area (Å²) in [4.78, 5) is 30.7. The van der Waals surface area contributed by atoms with E-state index in [0.29, 0.717) is 36.1 Å². The highest BCUT2D eigenvalue weighted by atomic mass is 16.6.